The van der Waals surface area contributed by atoms with Gasteiger partial charge in [-0.2, -0.15) is 13.5 Å². The molecule has 2 fully saturated rings. The molecule has 0 amide bonds. The summed E-state index contributed by atoms with van der Waals surface area (Å²) < 4.78 is 25.0. The van der Waals surface area contributed by atoms with Crippen LogP contribution in [-0.4, -0.2) is 75.3 Å². The fourth-order valence-corrected chi connectivity index (χ4v) is 6.56. The number of aromatic nitrogens is 4. The summed E-state index contributed by atoms with van der Waals surface area (Å²) in [5.74, 6) is -0.174. The van der Waals surface area contributed by atoms with Crippen LogP contribution in [0, 0.1) is 19.8 Å². The van der Waals surface area contributed by atoms with Gasteiger partial charge in [0.15, 0.2) is 14.1 Å². The van der Waals surface area contributed by atoms with Gasteiger partial charge in [0.2, 0.25) is 0 Å². The first-order valence-electron chi connectivity index (χ1n) is 16.4. The zero-order chi connectivity index (χ0) is 37.6. The van der Waals surface area contributed by atoms with E-state index >= 15 is 0 Å². The molecular weight excluding hydrogens is 701 g/mol. The molecule has 0 spiro atoms. The maximum Gasteiger partial charge on any atom is 0.330 e. The molecule has 15 nitrogen and oxygen atoms in total. The number of aryl methyl sites for hydroxylation is 2. The Kier molecular flexibility index (Phi) is 18.5. The number of aliphatic hydroxyl groups excluding tert-OH is 1. The first-order chi connectivity index (χ1) is 22.5. The highest BCUT2D eigenvalue weighted by atomic mass is 32.1. The number of hydrogen-bond acceptors (Lipinski definition) is 11. The van der Waals surface area contributed by atoms with Crippen molar-refractivity contribution in [2.45, 2.75) is 145 Å². The molecule has 0 aromatic carbocycles. The van der Waals surface area contributed by atoms with Gasteiger partial charge in [-0.1, -0.05) is 35.1 Å². The van der Waals surface area contributed by atoms with Gasteiger partial charge >= 0.3 is 17.3 Å². The van der Waals surface area contributed by atoms with E-state index in [9.17, 15) is 33.9 Å². The zero-order valence-electron chi connectivity index (χ0n) is 31.2. The molecule has 292 valence electrons. The molecule has 2 aromatic rings. The van der Waals surface area contributed by atoms with Crippen molar-refractivity contribution >= 4 is 33.6 Å². The van der Waals surface area contributed by atoms with Crippen molar-refractivity contribution in [3.8, 4) is 0 Å². The normalized spacial score (nSPS) is 23.3. The second-order valence-corrected chi connectivity index (χ2v) is 18.9. The van der Waals surface area contributed by atoms with Crippen LogP contribution in [-0.2, 0) is 28.2 Å². The Balaban J connectivity index is 0.000000843. The number of carbonyl (C=O) groups is 2. The van der Waals surface area contributed by atoms with E-state index in [1.165, 1.54) is 35.4 Å². The molecule has 0 aliphatic carbocycles. The molecule has 3 N–H and O–H groups in total. The van der Waals surface area contributed by atoms with Crippen LogP contribution < -0.4 is 22.5 Å². The fourth-order valence-electron chi connectivity index (χ4n) is 5.23. The van der Waals surface area contributed by atoms with E-state index in [1.807, 2.05) is 6.92 Å². The van der Waals surface area contributed by atoms with E-state index in [0.717, 1.165) is 0 Å². The Morgan fingerprint density at radius 2 is 1.41 bits per heavy atom. The zero-order valence-corrected chi connectivity index (χ0v) is 33.2. The predicted octanol–water partition coefficient (Wildman–Crippen LogP) is 3.58. The second-order valence-electron chi connectivity index (χ2n) is 14.2. The number of esters is 1. The number of rotatable bonds is 7. The van der Waals surface area contributed by atoms with E-state index in [1.54, 1.807) is 27.7 Å². The minimum Gasteiger partial charge on any atom is -0.466 e. The Bertz CT molecular complexity index is 1690. The average Bonchev–Trinajstić information content (AvgIpc) is 3.56. The van der Waals surface area contributed by atoms with Gasteiger partial charge in [-0.15, -0.1) is 0 Å². The number of nitrogens with one attached hydrogen (secondary N) is 2. The van der Waals surface area contributed by atoms with Crippen LogP contribution in [0.25, 0.3) is 0 Å². The van der Waals surface area contributed by atoms with Crippen LogP contribution in [0.5, 0.6) is 0 Å². The lowest BCUT2D eigenvalue weighted by atomic mass is 10.00. The van der Waals surface area contributed by atoms with Crippen molar-refractivity contribution in [1.82, 2.24) is 19.1 Å². The van der Waals surface area contributed by atoms with Gasteiger partial charge in [0.05, 0.1) is 24.9 Å². The number of Topliss-reactive ketones (excluding diaryl/α,β-unsaturated/α-hetero) is 1. The van der Waals surface area contributed by atoms with Crippen molar-refractivity contribution < 1.29 is 33.3 Å². The van der Waals surface area contributed by atoms with Crippen LogP contribution in [0.2, 0.25) is 18.1 Å². The third-order valence-corrected chi connectivity index (χ3v) is 13.4. The number of aliphatic hydroxyl groups is 1. The van der Waals surface area contributed by atoms with Gasteiger partial charge in [-0.25, -0.2) is 9.59 Å². The third-order valence-electron chi connectivity index (χ3n) is 8.91. The third kappa shape index (κ3) is 12.8. The number of H-pyrrole nitrogens is 2. The molecule has 51 heavy (non-hydrogen) atoms. The van der Waals surface area contributed by atoms with Crippen molar-refractivity contribution in [3.63, 3.8) is 0 Å². The molecule has 2 aliphatic rings. The molecule has 0 saturated carbocycles. The summed E-state index contributed by atoms with van der Waals surface area (Å²) >= 11 is 0. The van der Waals surface area contributed by atoms with Crippen molar-refractivity contribution in [2.75, 3.05) is 6.61 Å². The highest BCUT2D eigenvalue weighted by Crippen LogP contribution is 2.41. The molecule has 0 radical (unpaired) electrons. The largest absolute Gasteiger partial charge is 0.466 e. The molecular formula is C34H60N4O11SSi. The van der Waals surface area contributed by atoms with Crippen LogP contribution in [0.4, 0.5) is 0 Å². The summed E-state index contributed by atoms with van der Waals surface area (Å²) in [6.45, 7) is 22.7. The fraction of sp³-hybridized carbons (Fsp3) is 0.706. The molecule has 2 saturated heterocycles. The van der Waals surface area contributed by atoms with Gasteiger partial charge in [-0.05, 0) is 65.1 Å². The summed E-state index contributed by atoms with van der Waals surface area (Å²) in [5.41, 5.74) is -0.946. The maximum absolute atomic E-state index is 12.1. The van der Waals surface area contributed by atoms with Gasteiger partial charge in [-0.3, -0.25) is 38.3 Å². The lowest BCUT2D eigenvalue weighted by molar-refractivity contribution is -0.140. The number of nitrogens with zero attached hydrogens (tertiary/aromatic N) is 2. The van der Waals surface area contributed by atoms with Gasteiger partial charge < -0.3 is 23.7 Å². The minimum atomic E-state index is -2.10. The lowest BCUT2D eigenvalue weighted by Gasteiger charge is -2.39. The summed E-state index contributed by atoms with van der Waals surface area (Å²) in [5, 5.41) is 9.58. The van der Waals surface area contributed by atoms with Crippen molar-refractivity contribution in [1.29, 1.82) is 0 Å². The van der Waals surface area contributed by atoms with Crippen LogP contribution in [0.1, 0.15) is 99.2 Å². The topological polar surface area (TPSA) is 201 Å². The quantitative estimate of drug-likeness (QED) is 0.275. The monoisotopic (exact) mass is 760 g/mol. The summed E-state index contributed by atoms with van der Waals surface area (Å²) in [7, 11) is -2.10. The Morgan fingerprint density at radius 1 is 0.961 bits per heavy atom. The lowest BCUT2D eigenvalue weighted by Crippen LogP contribution is -2.47. The number of ketones is 1. The van der Waals surface area contributed by atoms with E-state index < -0.39 is 56.0 Å². The molecule has 2 aromatic heterocycles. The summed E-state index contributed by atoms with van der Waals surface area (Å²) in [4.78, 5) is 73.1. The maximum atomic E-state index is 12.1. The van der Waals surface area contributed by atoms with Crippen LogP contribution in [0.15, 0.2) is 31.6 Å². The van der Waals surface area contributed by atoms with E-state index in [4.69, 9.17) is 13.9 Å². The van der Waals surface area contributed by atoms with E-state index in [2.05, 4.69) is 48.6 Å². The van der Waals surface area contributed by atoms with Gasteiger partial charge in [0.1, 0.15) is 18.6 Å². The van der Waals surface area contributed by atoms with E-state index in [0.29, 0.717) is 30.6 Å². The molecule has 17 heteroatoms. The molecule has 4 heterocycles. The number of hydrogen-bond donors (Lipinski definition) is 3. The summed E-state index contributed by atoms with van der Waals surface area (Å²) in [6.07, 6.45) is 0.970. The molecule has 2 unspecified atom stereocenters. The van der Waals surface area contributed by atoms with E-state index in [-0.39, 0.29) is 55.3 Å². The van der Waals surface area contributed by atoms with Crippen LogP contribution in [0.3, 0.4) is 0 Å². The van der Waals surface area contributed by atoms with Gasteiger partial charge in [0.25, 0.3) is 11.1 Å². The summed E-state index contributed by atoms with van der Waals surface area (Å²) in [6, 6.07) is 0. The first-order valence-corrected chi connectivity index (χ1v) is 19.4. The molecule has 2 aliphatic heterocycles. The van der Waals surface area contributed by atoms with Crippen molar-refractivity contribution in [2.24, 2.45) is 5.92 Å². The van der Waals surface area contributed by atoms with Crippen molar-refractivity contribution in [3.05, 3.63) is 65.2 Å². The minimum absolute atomic E-state index is 0. The number of carbonyl (C=O) groups excluding carboxylic acids is 2. The number of aromatic amines is 2. The average molecular weight is 761 g/mol. The highest BCUT2D eigenvalue weighted by molar-refractivity contribution is 7.59. The smallest absolute Gasteiger partial charge is 0.330 e. The van der Waals surface area contributed by atoms with Gasteiger partial charge in [0, 0.05) is 36.9 Å². The SMILES string of the molecule is C.CC(=O)[C@H]1O[C@@H](n2cc(C)c(=O)[nH]c2=O)CC1O[Si](C)(C)C(C)(C)C.CCOC(C)=O.Cc1cn([C@H]2CC(C)[C@@H]([C@H](C)O)O2)c(=O)[nH]c1=O.S. The standard InChI is InChI=1S/C17H28N2O5Si.C12H18N2O4.C4H8O2.CH4.H2S/c1-10-9-19(16(22)18-15(10)21)13-8-12(14(23-13)11(2)20)24-25(6,7)17(3,4)5;1-6-4-9(18-10(6)8(3)15)14-5-7(2)11(16)13-12(14)17;1-3-6-4(2)5;;/h9,12-14H,8H2,1-7H3,(H,18,21,22);5-6,8-10,15H,4H2,1-3H3,(H,13,16,17);3H2,1-2H3;1H4;1H2/t12?,13-,14-;6?,8-,9+,10-;;;/m10.../s1. The Hall–Kier alpha value is -3.09. The molecule has 0 bridgehead atoms. The number of ether oxygens (including phenoxy) is 3. The highest BCUT2D eigenvalue weighted by Gasteiger charge is 2.46. The second kappa shape index (κ2) is 19.7. The first kappa shape index (κ1) is 47.9. The van der Waals surface area contributed by atoms with Crippen LogP contribution >= 0.6 is 13.5 Å². The Morgan fingerprint density at radius 3 is 1.75 bits per heavy atom. The Labute approximate surface area is 307 Å². The predicted molar refractivity (Wildman–Crippen MR) is 202 cm³/mol. The molecule has 7 atom stereocenters. The molecule has 4 rings (SSSR count).